The van der Waals surface area contributed by atoms with Crippen LogP contribution in [0.4, 0.5) is 0 Å². The SMILES string of the molecule is COc1cccc(-c2nc(-c3ncn[nH]3)no2)c1. The van der Waals surface area contributed by atoms with Gasteiger partial charge in [-0.2, -0.15) is 10.1 Å². The van der Waals surface area contributed by atoms with Crippen LogP contribution in [0.2, 0.25) is 0 Å². The van der Waals surface area contributed by atoms with Gasteiger partial charge in [0.25, 0.3) is 5.89 Å². The van der Waals surface area contributed by atoms with Crippen LogP contribution in [-0.4, -0.2) is 32.4 Å². The topological polar surface area (TPSA) is 89.7 Å². The largest absolute Gasteiger partial charge is 0.497 e. The van der Waals surface area contributed by atoms with Crippen molar-refractivity contribution >= 4 is 0 Å². The fraction of sp³-hybridized carbons (Fsp3) is 0.0909. The minimum atomic E-state index is 0.366. The van der Waals surface area contributed by atoms with Gasteiger partial charge in [-0.3, -0.25) is 5.10 Å². The van der Waals surface area contributed by atoms with Crippen molar-refractivity contribution < 1.29 is 9.26 Å². The summed E-state index contributed by atoms with van der Waals surface area (Å²) in [7, 11) is 1.60. The molecule has 0 fully saturated rings. The summed E-state index contributed by atoms with van der Waals surface area (Å²) in [6.45, 7) is 0. The van der Waals surface area contributed by atoms with Crippen molar-refractivity contribution in [2.75, 3.05) is 7.11 Å². The van der Waals surface area contributed by atoms with Crippen LogP contribution in [0, 0.1) is 0 Å². The Hall–Kier alpha value is -2.70. The van der Waals surface area contributed by atoms with Gasteiger partial charge in [0.15, 0.2) is 5.82 Å². The number of methoxy groups -OCH3 is 1. The Kier molecular flexibility index (Phi) is 2.49. The quantitative estimate of drug-likeness (QED) is 0.750. The molecule has 0 unspecified atom stereocenters. The predicted octanol–water partition coefficient (Wildman–Crippen LogP) is 1.53. The lowest BCUT2D eigenvalue weighted by atomic mass is 10.2. The number of rotatable bonds is 3. The van der Waals surface area contributed by atoms with Crippen molar-refractivity contribution in [1.82, 2.24) is 25.3 Å². The van der Waals surface area contributed by atoms with Crippen LogP contribution >= 0.6 is 0 Å². The van der Waals surface area contributed by atoms with Gasteiger partial charge in [-0.1, -0.05) is 11.2 Å². The molecule has 0 saturated carbocycles. The highest BCUT2D eigenvalue weighted by Crippen LogP contribution is 2.23. The third-order valence-electron chi connectivity index (χ3n) is 2.37. The number of hydrogen-bond donors (Lipinski definition) is 1. The highest BCUT2D eigenvalue weighted by Gasteiger charge is 2.12. The first-order valence-electron chi connectivity index (χ1n) is 5.20. The van der Waals surface area contributed by atoms with Gasteiger partial charge >= 0.3 is 0 Å². The van der Waals surface area contributed by atoms with E-state index in [1.165, 1.54) is 6.33 Å². The molecular formula is C11H9N5O2. The molecule has 90 valence electrons. The maximum Gasteiger partial charge on any atom is 0.258 e. The highest BCUT2D eigenvalue weighted by atomic mass is 16.5. The lowest BCUT2D eigenvalue weighted by Gasteiger charge is -1.99. The van der Waals surface area contributed by atoms with E-state index in [9.17, 15) is 0 Å². The molecule has 0 aliphatic heterocycles. The number of aromatic nitrogens is 5. The molecule has 0 atom stereocenters. The number of H-pyrrole nitrogens is 1. The fourth-order valence-corrected chi connectivity index (χ4v) is 1.51. The Morgan fingerprint density at radius 1 is 1.33 bits per heavy atom. The van der Waals surface area contributed by atoms with Crippen molar-refractivity contribution in [3.8, 4) is 28.9 Å². The first-order valence-corrected chi connectivity index (χ1v) is 5.20. The van der Waals surface area contributed by atoms with Crippen LogP contribution in [-0.2, 0) is 0 Å². The molecule has 18 heavy (non-hydrogen) atoms. The number of nitrogens with one attached hydrogen (secondary N) is 1. The molecule has 0 aliphatic rings. The number of nitrogens with zero attached hydrogens (tertiary/aromatic N) is 4. The van der Waals surface area contributed by atoms with Gasteiger partial charge in [-0.15, -0.1) is 0 Å². The second kappa shape index (κ2) is 4.28. The van der Waals surface area contributed by atoms with Crippen molar-refractivity contribution in [2.45, 2.75) is 0 Å². The minimum Gasteiger partial charge on any atom is -0.497 e. The summed E-state index contributed by atoms with van der Waals surface area (Å²) >= 11 is 0. The van der Waals surface area contributed by atoms with E-state index in [1.54, 1.807) is 7.11 Å². The third-order valence-corrected chi connectivity index (χ3v) is 2.37. The fourth-order valence-electron chi connectivity index (χ4n) is 1.51. The summed E-state index contributed by atoms with van der Waals surface area (Å²) in [6.07, 6.45) is 1.39. The summed E-state index contributed by atoms with van der Waals surface area (Å²) < 4.78 is 10.3. The summed E-state index contributed by atoms with van der Waals surface area (Å²) in [5.74, 6) is 1.96. The first-order chi connectivity index (χ1) is 8.86. The Morgan fingerprint density at radius 2 is 2.28 bits per heavy atom. The Labute approximate surface area is 102 Å². The zero-order valence-electron chi connectivity index (χ0n) is 9.49. The Balaban J connectivity index is 1.97. The smallest absolute Gasteiger partial charge is 0.258 e. The molecule has 0 saturated heterocycles. The van der Waals surface area contributed by atoms with Crippen molar-refractivity contribution in [3.05, 3.63) is 30.6 Å². The van der Waals surface area contributed by atoms with E-state index in [2.05, 4.69) is 25.3 Å². The van der Waals surface area contributed by atoms with Gasteiger partial charge in [-0.05, 0) is 18.2 Å². The molecule has 3 aromatic rings. The molecule has 1 N–H and O–H groups in total. The summed E-state index contributed by atoms with van der Waals surface area (Å²) in [4.78, 5) is 8.18. The Bertz CT molecular complexity index is 647. The third kappa shape index (κ3) is 1.81. The molecule has 0 bridgehead atoms. The van der Waals surface area contributed by atoms with E-state index in [1.807, 2.05) is 24.3 Å². The average molecular weight is 243 g/mol. The van der Waals surface area contributed by atoms with Crippen LogP contribution in [0.3, 0.4) is 0 Å². The minimum absolute atomic E-state index is 0.366. The van der Waals surface area contributed by atoms with Crippen LogP contribution in [0.15, 0.2) is 35.1 Å². The van der Waals surface area contributed by atoms with E-state index in [0.717, 1.165) is 11.3 Å². The number of benzene rings is 1. The first kappa shape index (κ1) is 10.5. The number of ether oxygens (including phenoxy) is 1. The molecule has 0 spiro atoms. The standard InChI is InChI=1S/C11H9N5O2/c1-17-8-4-2-3-7(5-8)11-14-10(16-18-11)9-12-6-13-15-9/h2-6H,1H3,(H,12,13,15). The van der Waals surface area contributed by atoms with Crippen LogP contribution in [0.1, 0.15) is 0 Å². The van der Waals surface area contributed by atoms with Crippen molar-refractivity contribution in [1.29, 1.82) is 0 Å². The van der Waals surface area contributed by atoms with E-state index in [0.29, 0.717) is 17.5 Å². The molecule has 2 heterocycles. The van der Waals surface area contributed by atoms with Crippen LogP contribution < -0.4 is 4.74 Å². The average Bonchev–Trinajstić information content (AvgIpc) is 3.09. The zero-order valence-corrected chi connectivity index (χ0v) is 9.49. The predicted molar refractivity (Wildman–Crippen MR) is 61.7 cm³/mol. The normalized spacial score (nSPS) is 10.5. The van der Waals surface area contributed by atoms with Gasteiger partial charge in [0, 0.05) is 5.56 Å². The summed E-state index contributed by atoms with van der Waals surface area (Å²) in [5, 5.41) is 10.2. The molecular weight excluding hydrogens is 234 g/mol. The van der Waals surface area contributed by atoms with Gasteiger partial charge in [-0.25, -0.2) is 4.98 Å². The molecule has 0 amide bonds. The van der Waals surface area contributed by atoms with Crippen LogP contribution in [0.5, 0.6) is 5.75 Å². The monoisotopic (exact) mass is 243 g/mol. The van der Waals surface area contributed by atoms with Crippen molar-refractivity contribution in [3.63, 3.8) is 0 Å². The molecule has 2 aromatic heterocycles. The van der Waals surface area contributed by atoms with E-state index in [4.69, 9.17) is 9.26 Å². The lowest BCUT2D eigenvalue weighted by Crippen LogP contribution is -1.85. The molecule has 0 aliphatic carbocycles. The molecule has 3 rings (SSSR count). The summed E-state index contributed by atoms with van der Waals surface area (Å²) in [6, 6.07) is 7.38. The number of aromatic amines is 1. The van der Waals surface area contributed by atoms with Gasteiger partial charge in [0.1, 0.15) is 12.1 Å². The maximum absolute atomic E-state index is 5.17. The lowest BCUT2D eigenvalue weighted by molar-refractivity contribution is 0.413. The molecule has 7 heteroatoms. The molecule has 1 aromatic carbocycles. The second-order valence-electron chi connectivity index (χ2n) is 3.49. The number of hydrogen-bond acceptors (Lipinski definition) is 6. The molecule has 7 nitrogen and oxygen atoms in total. The second-order valence-corrected chi connectivity index (χ2v) is 3.49. The Morgan fingerprint density at radius 3 is 3.06 bits per heavy atom. The zero-order chi connectivity index (χ0) is 12.4. The molecule has 0 radical (unpaired) electrons. The summed E-state index contributed by atoms with van der Waals surface area (Å²) in [5.41, 5.74) is 0.785. The maximum atomic E-state index is 5.17. The van der Waals surface area contributed by atoms with E-state index >= 15 is 0 Å². The van der Waals surface area contributed by atoms with E-state index < -0.39 is 0 Å². The van der Waals surface area contributed by atoms with E-state index in [-0.39, 0.29) is 0 Å². The van der Waals surface area contributed by atoms with Crippen LogP contribution in [0.25, 0.3) is 23.1 Å². The van der Waals surface area contributed by atoms with Gasteiger partial charge < -0.3 is 9.26 Å². The van der Waals surface area contributed by atoms with Crippen molar-refractivity contribution in [2.24, 2.45) is 0 Å². The van der Waals surface area contributed by atoms with Gasteiger partial charge in [0.05, 0.1) is 7.11 Å². The van der Waals surface area contributed by atoms with Gasteiger partial charge in [0.2, 0.25) is 5.82 Å². The highest BCUT2D eigenvalue weighted by molar-refractivity contribution is 5.57.